The smallest absolute Gasteiger partial charge is 0.241 e. The van der Waals surface area contributed by atoms with Gasteiger partial charge in [-0.15, -0.1) is 0 Å². The van der Waals surface area contributed by atoms with E-state index < -0.39 is 28.0 Å². The van der Waals surface area contributed by atoms with Crippen LogP contribution in [-0.4, -0.2) is 48.8 Å². The summed E-state index contributed by atoms with van der Waals surface area (Å²) in [5.41, 5.74) is 1.57. The van der Waals surface area contributed by atoms with E-state index in [0.717, 1.165) is 11.1 Å². The number of hydrogen-bond donors (Lipinski definition) is 2. The second-order valence-electron chi connectivity index (χ2n) is 8.23. The highest BCUT2D eigenvalue weighted by molar-refractivity contribution is 7.89. The summed E-state index contributed by atoms with van der Waals surface area (Å²) in [4.78, 5) is 13.4. The van der Waals surface area contributed by atoms with E-state index in [-0.39, 0.29) is 17.1 Å². The predicted molar refractivity (Wildman–Crippen MR) is 140 cm³/mol. The van der Waals surface area contributed by atoms with Gasteiger partial charge in [-0.05, 0) is 48.7 Å². The first kappa shape index (κ1) is 27.8. The summed E-state index contributed by atoms with van der Waals surface area (Å²) in [6.45, 7) is 1.81. The number of benzene rings is 3. The summed E-state index contributed by atoms with van der Waals surface area (Å²) in [5, 5.41) is 2.91. The third-order valence-corrected chi connectivity index (χ3v) is 7.30. The average molecular weight is 529 g/mol. The molecule has 0 aliphatic carbocycles. The molecule has 1 amide bonds. The Bertz CT molecular complexity index is 1310. The van der Waals surface area contributed by atoms with Crippen LogP contribution in [0.1, 0.15) is 24.1 Å². The van der Waals surface area contributed by atoms with Gasteiger partial charge in [0, 0.05) is 6.07 Å². The Kier molecular flexibility index (Phi) is 9.37. The Morgan fingerprint density at radius 1 is 0.784 bits per heavy atom. The molecular weight excluding hydrogens is 496 g/mol. The van der Waals surface area contributed by atoms with Gasteiger partial charge in [0.1, 0.15) is 6.04 Å². The number of carbonyl (C=O) groups is 1. The lowest BCUT2D eigenvalue weighted by Gasteiger charge is -2.22. The molecule has 0 bridgehead atoms. The molecule has 0 saturated heterocycles. The van der Waals surface area contributed by atoms with Crippen molar-refractivity contribution in [2.24, 2.45) is 0 Å². The first-order valence-electron chi connectivity index (χ1n) is 11.5. The minimum absolute atomic E-state index is 0.0519. The monoisotopic (exact) mass is 528 g/mol. The molecule has 10 heteroatoms. The van der Waals surface area contributed by atoms with E-state index in [2.05, 4.69) is 10.0 Å². The van der Waals surface area contributed by atoms with Crippen molar-refractivity contribution in [2.45, 2.75) is 30.3 Å². The predicted octanol–water partition coefficient (Wildman–Crippen LogP) is 3.49. The second-order valence-corrected chi connectivity index (χ2v) is 9.94. The van der Waals surface area contributed by atoms with Crippen molar-refractivity contribution >= 4 is 15.9 Å². The van der Waals surface area contributed by atoms with Crippen molar-refractivity contribution < 1.29 is 32.2 Å². The van der Waals surface area contributed by atoms with E-state index in [4.69, 9.17) is 18.9 Å². The van der Waals surface area contributed by atoms with Gasteiger partial charge in [-0.2, -0.15) is 4.72 Å². The molecule has 3 aromatic carbocycles. The molecule has 0 aliphatic rings. The van der Waals surface area contributed by atoms with Gasteiger partial charge in [0.25, 0.3) is 0 Å². The number of carbonyl (C=O) groups excluding carboxylic acids is 1. The molecule has 3 aromatic rings. The third-order valence-electron chi connectivity index (χ3n) is 5.83. The number of amides is 1. The van der Waals surface area contributed by atoms with Crippen LogP contribution in [0.2, 0.25) is 0 Å². The highest BCUT2D eigenvalue weighted by atomic mass is 32.2. The summed E-state index contributed by atoms with van der Waals surface area (Å²) in [6.07, 6.45) is 0.151. The number of nitrogens with one attached hydrogen (secondary N) is 2. The van der Waals surface area contributed by atoms with E-state index in [0.29, 0.717) is 17.2 Å². The Hall–Kier alpha value is -3.76. The molecular formula is C27H32N2O7S. The van der Waals surface area contributed by atoms with Crippen LogP contribution in [0.15, 0.2) is 71.6 Å². The molecule has 0 fully saturated rings. The summed E-state index contributed by atoms with van der Waals surface area (Å²) in [5.74, 6) is 1.26. The van der Waals surface area contributed by atoms with Crippen LogP contribution >= 0.6 is 0 Å². The molecule has 0 aromatic heterocycles. The van der Waals surface area contributed by atoms with E-state index in [1.165, 1.54) is 39.5 Å². The third kappa shape index (κ3) is 6.93. The van der Waals surface area contributed by atoms with Crippen molar-refractivity contribution in [1.82, 2.24) is 10.0 Å². The van der Waals surface area contributed by atoms with E-state index in [1.54, 1.807) is 19.2 Å². The van der Waals surface area contributed by atoms with E-state index in [1.807, 2.05) is 43.3 Å². The van der Waals surface area contributed by atoms with Crippen LogP contribution in [0.5, 0.6) is 23.0 Å². The van der Waals surface area contributed by atoms with Crippen LogP contribution in [0.4, 0.5) is 0 Å². The molecule has 9 nitrogen and oxygen atoms in total. The fourth-order valence-corrected chi connectivity index (χ4v) is 5.01. The van der Waals surface area contributed by atoms with Crippen molar-refractivity contribution in [2.75, 3.05) is 28.4 Å². The zero-order chi connectivity index (χ0) is 27.0. The van der Waals surface area contributed by atoms with Crippen molar-refractivity contribution in [3.63, 3.8) is 0 Å². The maximum Gasteiger partial charge on any atom is 0.241 e. The lowest BCUT2D eigenvalue weighted by molar-refractivity contribution is -0.123. The Morgan fingerprint density at radius 3 is 1.95 bits per heavy atom. The maximum atomic E-state index is 13.4. The first-order valence-corrected chi connectivity index (χ1v) is 13.0. The SMILES string of the molecule is COc1ccc(C(C)NC(=O)C(Cc2ccccc2)NS(=O)(=O)c2ccc(OC)c(OC)c2)cc1OC. The maximum absolute atomic E-state index is 13.4. The molecule has 0 saturated carbocycles. The van der Waals surface area contributed by atoms with Crippen LogP contribution in [0.3, 0.4) is 0 Å². The summed E-state index contributed by atoms with van der Waals surface area (Å²) < 4.78 is 50.2. The normalized spacial score (nSPS) is 12.8. The summed E-state index contributed by atoms with van der Waals surface area (Å²) in [6, 6.07) is 17.3. The number of methoxy groups -OCH3 is 4. The van der Waals surface area contributed by atoms with E-state index in [9.17, 15) is 13.2 Å². The summed E-state index contributed by atoms with van der Waals surface area (Å²) >= 11 is 0. The number of rotatable bonds is 12. The van der Waals surface area contributed by atoms with E-state index >= 15 is 0 Å². The zero-order valence-corrected chi connectivity index (χ0v) is 22.3. The molecule has 2 N–H and O–H groups in total. The molecule has 2 unspecified atom stereocenters. The number of sulfonamides is 1. The molecule has 2 atom stereocenters. The highest BCUT2D eigenvalue weighted by Gasteiger charge is 2.28. The standard InChI is InChI=1S/C27H32N2O7S/c1-18(20-11-13-23(33-2)25(16-20)35-4)28-27(30)22(15-19-9-7-6-8-10-19)29-37(31,32)21-12-14-24(34-3)26(17-21)36-5/h6-14,16-18,22,29H,15H2,1-5H3,(H,28,30). The largest absolute Gasteiger partial charge is 0.493 e. The van der Waals surface area contributed by atoms with Gasteiger partial charge in [0.2, 0.25) is 15.9 Å². The van der Waals surface area contributed by atoms with Crippen LogP contribution in [-0.2, 0) is 21.2 Å². The number of hydrogen-bond acceptors (Lipinski definition) is 7. The van der Waals surface area contributed by atoms with Gasteiger partial charge in [0.05, 0.1) is 39.4 Å². The quantitative estimate of drug-likeness (QED) is 0.370. The van der Waals surface area contributed by atoms with Crippen LogP contribution in [0.25, 0.3) is 0 Å². The molecule has 3 rings (SSSR count). The van der Waals surface area contributed by atoms with Gasteiger partial charge >= 0.3 is 0 Å². The lowest BCUT2D eigenvalue weighted by Crippen LogP contribution is -2.48. The average Bonchev–Trinajstić information content (AvgIpc) is 2.92. The molecule has 198 valence electrons. The van der Waals surface area contributed by atoms with Gasteiger partial charge < -0.3 is 24.3 Å². The fourth-order valence-electron chi connectivity index (χ4n) is 3.80. The molecule has 0 radical (unpaired) electrons. The van der Waals surface area contributed by atoms with Gasteiger partial charge in [0.15, 0.2) is 23.0 Å². The van der Waals surface area contributed by atoms with Gasteiger partial charge in [-0.1, -0.05) is 36.4 Å². The van der Waals surface area contributed by atoms with Crippen LogP contribution < -0.4 is 29.0 Å². The zero-order valence-electron chi connectivity index (χ0n) is 21.5. The second kappa shape index (κ2) is 12.5. The lowest BCUT2D eigenvalue weighted by atomic mass is 10.0. The molecule has 0 heterocycles. The van der Waals surface area contributed by atoms with Gasteiger partial charge in [-0.3, -0.25) is 4.79 Å². The molecule has 37 heavy (non-hydrogen) atoms. The number of ether oxygens (including phenoxy) is 4. The molecule has 0 aliphatic heterocycles. The highest BCUT2D eigenvalue weighted by Crippen LogP contribution is 2.31. The minimum Gasteiger partial charge on any atom is -0.493 e. The minimum atomic E-state index is -4.09. The van der Waals surface area contributed by atoms with Crippen molar-refractivity contribution in [3.8, 4) is 23.0 Å². The Balaban J connectivity index is 1.87. The van der Waals surface area contributed by atoms with Gasteiger partial charge in [-0.25, -0.2) is 8.42 Å². The van der Waals surface area contributed by atoms with Crippen LogP contribution in [0, 0.1) is 0 Å². The summed E-state index contributed by atoms with van der Waals surface area (Å²) in [7, 11) is 1.87. The van der Waals surface area contributed by atoms with Crippen molar-refractivity contribution in [1.29, 1.82) is 0 Å². The molecule has 0 spiro atoms. The fraction of sp³-hybridized carbons (Fsp3) is 0.296. The van der Waals surface area contributed by atoms with Crippen molar-refractivity contribution in [3.05, 3.63) is 77.9 Å². The Morgan fingerprint density at radius 2 is 1.35 bits per heavy atom. The topological polar surface area (TPSA) is 112 Å². The Labute approximate surface area is 217 Å². The first-order chi connectivity index (χ1) is 17.7.